The zero-order valence-electron chi connectivity index (χ0n) is 6.79. The molecule has 0 saturated heterocycles. The van der Waals surface area contributed by atoms with Crippen molar-refractivity contribution in [1.82, 2.24) is 10.6 Å². The van der Waals surface area contributed by atoms with Gasteiger partial charge in [0.15, 0.2) is 0 Å². The smallest absolute Gasteiger partial charge is 0.261 e. The third-order valence-electron chi connectivity index (χ3n) is 0.959. The average Bonchev–Trinajstić information content (AvgIpc) is 1.97. The summed E-state index contributed by atoms with van der Waals surface area (Å²) < 4.78 is 0. The Labute approximate surface area is 66.1 Å². The molecular formula is C6H14N4O. The zero-order chi connectivity index (χ0) is 8.69. The second kappa shape index (κ2) is 5.82. The maximum atomic E-state index is 10.5. The largest absolute Gasteiger partial charge is 0.354 e. The number of amides is 1. The molecular weight excluding hydrogens is 144 g/mol. The van der Waals surface area contributed by atoms with E-state index in [1.807, 2.05) is 0 Å². The van der Waals surface area contributed by atoms with Crippen molar-refractivity contribution in [3.63, 3.8) is 0 Å². The highest BCUT2D eigenvalue weighted by Crippen LogP contribution is 1.67. The first-order valence-electron chi connectivity index (χ1n) is 3.37. The summed E-state index contributed by atoms with van der Waals surface area (Å²) in [6.07, 6.45) is 1.12. The van der Waals surface area contributed by atoms with Gasteiger partial charge in [0, 0.05) is 7.05 Å². The molecule has 0 bridgehead atoms. The van der Waals surface area contributed by atoms with Crippen LogP contribution in [0.5, 0.6) is 0 Å². The van der Waals surface area contributed by atoms with Crippen LogP contribution in [0, 0.1) is 0 Å². The molecule has 0 spiro atoms. The van der Waals surface area contributed by atoms with Gasteiger partial charge < -0.3 is 11.1 Å². The van der Waals surface area contributed by atoms with E-state index in [2.05, 4.69) is 15.6 Å². The fraction of sp³-hybridized carbons (Fsp3) is 0.667. The van der Waals surface area contributed by atoms with Gasteiger partial charge in [0.25, 0.3) is 5.91 Å². The molecule has 0 aromatic carbocycles. The third-order valence-corrected chi connectivity index (χ3v) is 0.959. The number of nitrogens with one attached hydrogen (secondary N) is 2. The number of nitrogens with two attached hydrogens (primary N) is 1. The fourth-order valence-electron chi connectivity index (χ4n) is 0.390. The number of nitrogens with zero attached hydrogens (tertiary/aromatic N) is 1. The molecule has 0 aromatic heterocycles. The van der Waals surface area contributed by atoms with Gasteiger partial charge in [-0.1, -0.05) is 0 Å². The van der Waals surface area contributed by atoms with Crippen LogP contribution in [-0.2, 0) is 4.79 Å². The highest BCUT2D eigenvalue weighted by atomic mass is 16.1. The standard InChI is InChI=1S/C6H14N4O/c1-5(7)10-4-9-3-6(11)8-2/h3,5,10H,4,7H2,1-2H3,(H,8,11)/b9-3+. The van der Waals surface area contributed by atoms with Gasteiger partial charge >= 0.3 is 0 Å². The van der Waals surface area contributed by atoms with E-state index in [-0.39, 0.29) is 12.1 Å². The lowest BCUT2D eigenvalue weighted by Gasteiger charge is -2.02. The number of aliphatic imine (C=N–C) groups is 1. The molecule has 64 valence electrons. The molecule has 0 radical (unpaired) electrons. The maximum absolute atomic E-state index is 10.5. The van der Waals surface area contributed by atoms with Crippen LogP contribution in [0.4, 0.5) is 0 Å². The Morgan fingerprint density at radius 2 is 2.45 bits per heavy atom. The van der Waals surface area contributed by atoms with E-state index in [0.29, 0.717) is 6.67 Å². The summed E-state index contributed by atoms with van der Waals surface area (Å²) in [6.45, 7) is 2.17. The van der Waals surface area contributed by atoms with Crippen LogP contribution in [0.15, 0.2) is 4.99 Å². The molecule has 0 saturated carbocycles. The van der Waals surface area contributed by atoms with Crippen molar-refractivity contribution in [2.45, 2.75) is 13.1 Å². The summed E-state index contributed by atoms with van der Waals surface area (Å²) >= 11 is 0. The Morgan fingerprint density at radius 1 is 1.82 bits per heavy atom. The molecule has 0 rings (SSSR count). The molecule has 4 N–H and O–H groups in total. The Bertz CT molecular complexity index is 144. The lowest BCUT2D eigenvalue weighted by Crippen LogP contribution is -2.34. The monoisotopic (exact) mass is 158 g/mol. The predicted octanol–water partition coefficient (Wildman–Crippen LogP) is -1.34. The van der Waals surface area contributed by atoms with Gasteiger partial charge in [-0.15, -0.1) is 0 Å². The second-order valence-electron chi connectivity index (χ2n) is 2.08. The van der Waals surface area contributed by atoms with Crippen LogP contribution >= 0.6 is 0 Å². The van der Waals surface area contributed by atoms with Crippen LogP contribution < -0.4 is 16.4 Å². The first-order valence-corrected chi connectivity index (χ1v) is 3.37. The van der Waals surface area contributed by atoms with E-state index in [1.165, 1.54) is 6.21 Å². The van der Waals surface area contributed by atoms with Crippen LogP contribution in [0.25, 0.3) is 0 Å². The Balaban J connectivity index is 3.37. The van der Waals surface area contributed by atoms with Crippen molar-refractivity contribution in [3.8, 4) is 0 Å². The van der Waals surface area contributed by atoms with Crippen molar-refractivity contribution >= 4 is 12.1 Å². The Morgan fingerprint density at radius 3 is 2.91 bits per heavy atom. The number of hydrogen-bond donors (Lipinski definition) is 3. The number of carbonyl (C=O) groups is 1. The van der Waals surface area contributed by atoms with Crippen molar-refractivity contribution in [2.24, 2.45) is 10.7 Å². The first-order chi connectivity index (χ1) is 5.16. The van der Waals surface area contributed by atoms with E-state index < -0.39 is 0 Å². The minimum absolute atomic E-state index is 0.100. The van der Waals surface area contributed by atoms with Crippen LogP contribution in [-0.4, -0.2) is 32.0 Å². The van der Waals surface area contributed by atoms with E-state index in [4.69, 9.17) is 5.73 Å². The van der Waals surface area contributed by atoms with Gasteiger partial charge in [0.1, 0.15) is 0 Å². The van der Waals surface area contributed by atoms with E-state index >= 15 is 0 Å². The van der Waals surface area contributed by atoms with Crippen molar-refractivity contribution in [3.05, 3.63) is 0 Å². The third kappa shape index (κ3) is 6.95. The van der Waals surface area contributed by atoms with Crippen LogP contribution in [0.3, 0.4) is 0 Å². The molecule has 1 amide bonds. The van der Waals surface area contributed by atoms with E-state index in [1.54, 1.807) is 14.0 Å². The summed E-state index contributed by atoms with van der Waals surface area (Å²) in [7, 11) is 1.55. The topological polar surface area (TPSA) is 79.5 Å². The highest BCUT2D eigenvalue weighted by molar-refractivity contribution is 6.26. The summed E-state index contributed by atoms with van der Waals surface area (Å²) in [6, 6.07) is 0. The van der Waals surface area contributed by atoms with Crippen molar-refractivity contribution in [2.75, 3.05) is 13.7 Å². The number of carbonyl (C=O) groups excluding carboxylic acids is 1. The Hall–Kier alpha value is -0.940. The molecule has 5 nitrogen and oxygen atoms in total. The Kier molecular flexibility index (Phi) is 5.32. The van der Waals surface area contributed by atoms with Gasteiger partial charge in [-0.3, -0.25) is 15.1 Å². The van der Waals surface area contributed by atoms with Crippen LogP contribution in [0.1, 0.15) is 6.92 Å². The summed E-state index contributed by atoms with van der Waals surface area (Å²) in [5.74, 6) is -0.212. The molecule has 0 aromatic rings. The molecule has 0 heterocycles. The van der Waals surface area contributed by atoms with Gasteiger partial charge in [0.05, 0.1) is 19.0 Å². The van der Waals surface area contributed by atoms with Crippen molar-refractivity contribution < 1.29 is 4.79 Å². The minimum atomic E-state index is -0.212. The quantitative estimate of drug-likeness (QED) is 0.350. The average molecular weight is 158 g/mol. The SMILES string of the molecule is CNC(=O)/C=N/CNC(C)N. The minimum Gasteiger partial charge on any atom is -0.354 e. The molecule has 0 aliphatic carbocycles. The highest BCUT2D eigenvalue weighted by Gasteiger charge is 1.89. The van der Waals surface area contributed by atoms with Crippen LogP contribution in [0.2, 0.25) is 0 Å². The normalized spacial score (nSPS) is 13.4. The second-order valence-corrected chi connectivity index (χ2v) is 2.08. The van der Waals surface area contributed by atoms with Gasteiger partial charge in [0.2, 0.25) is 0 Å². The maximum Gasteiger partial charge on any atom is 0.261 e. The molecule has 5 heteroatoms. The molecule has 0 aliphatic rings. The molecule has 0 fully saturated rings. The van der Waals surface area contributed by atoms with Gasteiger partial charge in [-0.25, -0.2) is 0 Å². The molecule has 11 heavy (non-hydrogen) atoms. The summed E-state index contributed by atoms with van der Waals surface area (Å²) in [5, 5.41) is 5.23. The van der Waals surface area contributed by atoms with E-state index in [0.717, 1.165) is 0 Å². The van der Waals surface area contributed by atoms with Crippen molar-refractivity contribution in [1.29, 1.82) is 0 Å². The van der Waals surface area contributed by atoms with Gasteiger partial charge in [-0.05, 0) is 6.92 Å². The number of rotatable bonds is 4. The number of hydrogen-bond acceptors (Lipinski definition) is 4. The molecule has 1 unspecified atom stereocenters. The molecule has 1 atom stereocenters. The zero-order valence-corrected chi connectivity index (χ0v) is 6.79. The lowest BCUT2D eigenvalue weighted by atomic mass is 10.6. The summed E-state index contributed by atoms with van der Waals surface area (Å²) in [4.78, 5) is 14.3. The van der Waals surface area contributed by atoms with Gasteiger partial charge in [-0.2, -0.15) is 0 Å². The predicted molar refractivity (Wildman–Crippen MR) is 44.2 cm³/mol. The fourth-order valence-corrected chi connectivity index (χ4v) is 0.390. The first kappa shape index (κ1) is 10.1. The summed E-state index contributed by atoms with van der Waals surface area (Å²) in [5.41, 5.74) is 5.36. The lowest BCUT2D eigenvalue weighted by molar-refractivity contribution is -0.113. The van der Waals surface area contributed by atoms with E-state index in [9.17, 15) is 4.79 Å². The molecule has 0 aliphatic heterocycles.